The van der Waals surface area contributed by atoms with Crippen molar-refractivity contribution in [3.05, 3.63) is 46.2 Å². The Balaban J connectivity index is 1.48. The number of piperidine rings is 1. The molecule has 2 aromatic heterocycles. The molecule has 28 heavy (non-hydrogen) atoms. The van der Waals surface area contributed by atoms with Crippen LogP contribution in [0.5, 0.6) is 0 Å². The molecule has 8 heteroatoms. The van der Waals surface area contributed by atoms with Gasteiger partial charge in [-0.15, -0.1) is 11.3 Å². The number of nitrogens with one attached hydrogen (secondary N) is 1. The van der Waals surface area contributed by atoms with E-state index in [1.165, 1.54) is 10.4 Å². The molecule has 1 amide bonds. The number of aliphatic hydroxyl groups excluding tert-OH is 1. The van der Waals surface area contributed by atoms with E-state index in [0.29, 0.717) is 25.8 Å². The number of rotatable bonds is 8. The fourth-order valence-electron chi connectivity index (χ4n) is 3.57. The van der Waals surface area contributed by atoms with Crippen LogP contribution in [-0.4, -0.2) is 70.1 Å². The first-order valence-corrected chi connectivity index (χ1v) is 10.5. The number of aliphatic hydroxyl groups is 1. The molecular weight excluding hydrogens is 374 g/mol. The van der Waals surface area contributed by atoms with Gasteiger partial charge < -0.3 is 15.3 Å². The Hall–Kier alpha value is -1.87. The molecule has 2 atom stereocenters. The number of nitrogens with zero attached hydrogens (tertiary/aromatic N) is 4. The average Bonchev–Trinajstić information content (AvgIpc) is 3.06. The summed E-state index contributed by atoms with van der Waals surface area (Å²) in [5.74, 6) is -0.00547. The smallest absolute Gasteiger partial charge is 0.220 e. The molecular formula is C20H29N5O2S. The number of hydrogen-bond acceptors (Lipinski definition) is 7. The summed E-state index contributed by atoms with van der Waals surface area (Å²) in [6.45, 7) is 3.15. The van der Waals surface area contributed by atoms with E-state index in [0.717, 1.165) is 25.3 Å². The molecule has 152 valence electrons. The van der Waals surface area contributed by atoms with Gasteiger partial charge in [-0.05, 0) is 43.9 Å². The molecule has 0 aromatic carbocycles. The van der Waals surface area contributed by atoms with Crippen LogP contribution in [0.15, 0.2) is 30.0 Å². The Bertz CT molecular complexity index is 752. The van der Waals surface area contributed by atoms with Gasteiger partial charge in [0.25, 0.3) is 0 Å². The largest absolute Gasteiger partial charge is 0.392 e. The van der Waals surface area contributed by atoms with Crippen LogP contribution in [-0.2, 0) is 24.3 Å². The van der Waals surface area contributed by atoms with Crippen molar-refractivity contribution in [1.82, 2.24) is 25.1 Å². The highest BCUT2D eigenvalue weighted by molar-refractivity contribution is 7.10. The molecule has 0 spiro atoms. The van der Waals surface area contributed by atoms with E-state index >= 15 is 0 Å². The maximum Gasteiger partial charge on any atom is 0.220 e. The average molecular weight is 404 g/mol. The standard InChI is InChI=1S/C20H29N5O2S/c1-24(2)10-15-7-19(28-14-15)13-25-11-17(8-18(26)12-25)23-20(27)4-3-16-9-21-5-6-22-16/h5-7,9,14,17-18,26H,3-4,8,10-13H2,1-2H3,(H,23,27)/t17-,18+/m0/s1. The number of thiophene rings is 1. The second-order valence-electron chi connectivity index (χ2n) is 7.70. The van der Waals surface area contributed by atoms with Gasteiger partial charge in [-0.2, -0.15) is 0 Å². The summed E-state index contributed by atoms with van der Waals surface area (Å²) in [6.07, 6.45) is 6.08. The molecule has 0 aliphatic carbocycles. The monoisotopic (exact) mass is 403 g/mol. The Kier molecular flexibility index (Phi) is 7.50. The summed E-state index contributed by atoms with van der Waals surface area (Å²) in [6, 6.07) is 2.21. The number of carbonyl (C=O) groups is 1. The van der Waals surface area contributed by atoms with Crippen LogP contribution >= 0.6 is 11.3 Å². The lowest BCUT2D eigenvalue weighted by Gasteiger charge is -2.35. The minimum atomic E-state index is -0.416. The highest BCUT2D eigenvalue weighted by Gasteiger charge is 2.27. The van der Waals surface area contributed by atoms with Crippen molar-refractivity contribution in [3.8, 4) is 0 Å². The van der Waals surface area contributed by atoms with Gasteiger partial charge in [-0.3, -0.25) is 19.7 Å². The number of aryl methyl sites for hydroxylation is 1. The van der Waals surface area contributed by atoms with Gasteiger partial charge in [0, 0.05) is 62.1 Å². The third kappa shape index (κ3) is 6.63. The highest BCUT2D eigenvalue weighted by atomic mass is 32.1. The van der Waals surface area contributed by atoms with Gasteiger partial charge in [-0.1, -0.05) is 0 Å². The summed E-state index contributed by atoms with van der Waals surface area (Å²) < 4.78 is 0. The van der Waals surface area contributed by atoms with Crippen LogP contribution < -0.4 is 5.32 Å². The summed E-state index contributed by atoms with van der Waals surface area (Å²) in [5, 5.41) is 15.5. The second kappa shape index (κ2) is 10.1. The topological polar surface area (TPSA) is 81.6 Å². The molecule has 0 unspecified atom stereocenters. The number of aromatic nitrogens is 2. The van der Waals surface area contributed by atoms with E-state index in [-0.39, 0.29) is 11.9 Å². The number of β-amino-alcohol motifs (C(OH)–C–C–N with tert-alkyl or cyclic N) is 1. The first-order chi connectivity index (χ1) is 13.5. The number of likely N-dealkylation sites (tertiary alicyclic amines) is 1. The van der Waals surface area contributed by atoms with E-state index in [1.54, 1.807) is 29.9 Å². The molecule has 1 aliphatic heterocycles. The first kappa shape index (κ1) is 20.9. The first-order valence-electron chi connectivity index (χ1n) is 9.63. The van der Waals surface area contributed by atoms with Crippen molar-refractivity contribution in [2.75, 3.05) is 27.2 Å². The van der Waals surface area contributed by atoms with Gasteiger partial charge >= 0.3 is 0 Å². The Morgan fingerprint density at radius 1 is 1.39 bits per heavy atom. The van der Waals surface area contributed by atoms with Crippen molar-refractivity contribution in [3.63, 3.8) is 0 Å². The minimum Gasteiger partial charge on any atom is -0.392 e. The van der Waals surface area contributed by atoms with Crippen molar-refractivity contribution >= 4 is 17.2 Å². The van der Waals surface area contributed by atoms with Crippen LogP contribution in [0.4, 0.5) is 0 Å². The predicted molar refractivity (Wildman–Crippen MR) is 110 cm³/mol. The Morgan fingerprint density at radius 2 is 2.25 bits per heavy atom. The lowest BCUT2D eigenvalue weighted by Crippen LogP contribution is -2.52. The zero-order chi connectivity index (χ0) is 19.9. The van der Waals surface area contributed by atoms with Crippen molar-refractivity contribution in [2.45, 2.75) is 44.5 Å². The number of carbonyl (C=O) groups excluding carboxylic acids is 1. The molecule has 3 heterocycles. The van der Waals surface area contributed by atoms with Gasteiger partial charge in [0.15, 0.2) is 0 Å². The maximum absolute atomic E-state index is 12.3. The van der Waals surface area contributed by atoms with Crippen LogP contribution in [0.2, 0.25) is 0 Å². The third-order valence-corrected chi connectivity index (χ3v) is 5.65. The minimum absolute atomic E-state index is 0.00547. The van der Waals surface area contributed by atoms with Crippen LogP contribution in [0.1, 0.15) is 29.0 Å². The lowest BCUT2D eigenvalue weighted by molar-refractivity contribution is -0.122. The van der Waals surface area contributed by atoms with E-state index in [9.17, 15) is 9.90 Å². The third-order valence-electron chi connectivity index (χ3n) is 4.68. The Morgan fingerprint density at radius 3 is 3.00 bits per heavy atom. The van der Waals surface area contributed by atoms with Crippen molar-refractivity contribution in [2.24, 2.45) is 0 Å². The summed E-state index contributed by atoms with van der Waals surface area (Å²) >= 11 is 1.76. The molecule has 0 saturated carbocycles. The fourth-order valence-corrected chi connectivity index (χ4v) is 4.50. The molecule has 0 radical (unpaired) electrons. The Labute approximate surface area is 170 Å². The van der Waals surface area contributed by atoms with Crippen LogP contribution in [0, 0.1) is 0 Å². The fraction of sp³-hybridized carbons (Fsp3) is 0.550. The zero-order valence-corrected chi connectivity index (χ0v) is 17.4. The van der Waals surface area contributed by atoms with Crippen molar-refractivity contribution < 1.29 is 9.90 Å². The molecule has 3 rings (SSSR count). The van der Waals surface area contributed by atoms with E-state index in [2.05, 4.69) is 50.6 Å². The summed E-state index contributed by atoms with van der Waals surface area (Å²) in [5.41, 5.74) is 2.13. The molecule has 1 saturated heterocycles. The van der Waals surface area contributed by atoms with Gasteiger partial charge in [0.2, 0.25) is 5.91 Å². The molecule has 7 nitrogen and oxygen atoms in total. The molecule has 2 aromatic rings. The highest BCUT2D eigenvalue weighted by Crippen LogP contribution is 2.20. The summed E-state index contributed by atoms with van der Waals surface area (Å²) in [4.78, 5) is 26.2. The molecule has 0 bridgehead atoms. The predicted octanol–water partition coefficient (Wildman–Crippen LogP) is 1.28. The van der Waals surface area contributed by atoms with Crippen molar-refractivity contribution in [1.29, 1.82) is 0 Å². The maximum atomic E-state index is 12.3. The normalized spacial score (nSPS) is 20.4. The second-order valence-corrected chi connectivity index (χ2v) is 8.70. The van der Waals surface area contributed by atoms with E-state index < -0.39 is 6.10 Å². The summed E-state index contributed by atoms with van der Waals surface area (Å²) in [7, 11) is 4.13. The number of hydrogen-bond donors (Lipinski definition) is 2. The zero-order valence-electron chi connectivity index (χ0n) is 16.5. The lowest BCUT2D eigenvalue weighted by atomic mass is 10.0. The van der Waals surface area contributed by atoms with E-state index in [4.69, 9.17) is 0 Å². The quantitative estimate of drug-likeness (QED) is 0.691. The van der Waals surface area contributed by atoms with Crippen LogP contribution in [0.25, 0.3) is 0 Å². The molecule has 1 fully saturated rings. The van der Waals surface area contributed by atoms with Crippen LogP contribution in [0.3, 0.4) is 0 Å². The molecule has 2 N–H and O–H groups in total. The van der Waals surface area contributed by atoms with Gasteiger partial charge in [0.05, 0.1) is 11.8 Å². The van der Waals surface area contributed by atoms with E-state index in [1.807, 2.05) is 0 Å². The SMILES string of the molecule is CN(C)Cc1csc(CN2C[C@H](O)C[C@H](NC(=O)CCc3cnccn3)C2)c1. The van der Waals surface area contributed by atoms with Gasteiger partial charge in [-0.25, -0.2) is 0 Å². The van der Waals surface area contributed by atoms with Gasteiger partial charge in [0.1, 0.15) is 0 Å². The number of amides is 1. The molecule has 1 aliphatic rings.